The highest BCUT2D eigenvalue weighted by molar-refractivity contribution is 5.88. The molecule has 0 spiro atoms. The first-order valence-corrected chi connectivity index (χ1v) is 8.55. The molecule has 0 aromatic carbocycles. The maximum absolute atomic E-state index is 13.0. The third-order valence-corrected chi connectivity index (χ3v) is 3.02. The van der Waals surface area contributed by atoms with Gasteiger partial charge in [0.05, 0.1) is 6.61 Å². The number of alkyl halides is 5. The minimum atomic E-state index is -3.51. The zero-order chi connectivity index (χ0) is 24.3. The van der Waals surface area contributed by atoms with Gasteiger partial charge >= 0.3 is 17.9 Å². The molecule has 0 aliphatic heterocycles. The van der Waals surface area contributed by atoms with Gasteiger partial charge in [0.1, 0.15) is 0 Å². The Bertz CT molecular complexity index is 633. The summed E-state index contributed by atoms with van der Waals surface area (Å²) in [6, 6.07) is 0. The summed E-state index contributed by atoms with van der Waals surface area (Å²) in [7, 11) is 0. The van der Waals surface area contributed by atoms with E-state index in [0.29, 0.717) is 6.92 Å². The van der Waals surface area contributed by atoms with Crippen LogP contribution in [-0.4, -0.2) is 55.2 Å². The van der Waals surface area contributed by atoms with E-state index >= 15 is 0 Å². The molecule has 0 bridgehead atoms. The van der Waals surface area contributed by atoms with Gasteiger partial charge in [0.25, 0.3) is 11.8 Å². The van der Waals surface area contributed by atoms with Gasteiger partial charge in [0.15, 0.2) is 18.9 Å². The van der Waals surface area contributed by atoms with Crippen LogP contribution < -0.4 is 0 Å². The van der Waals surface area contributed by atoms with Crippen molar-refractivity contribution >= 4 is 17.9 Å². The van der Waals surface area contributed by atoms with E-state index in [1.54, 1.807) is 0 Å². The average molecular weight is 462 g/mol. The lowest BCUT2D eigenvalue weighted by molar-refractivity contribution is -0.163. The predicted octanol–water partition coefficient (Wildman–Crippen LogP) is 4.82. The van der Waals surface area contributed by atoms with Gasteiger partial charge in [-0.1, -0.05) is 20.6 Å². The normalized spacial score (nSPS) is 11.2. The quantitative estimate of drug-likeness (QED) is 0.201. The molecular formula is C20H31F5O6. The number of carbonyl (C=O) groups excluding carboxylic acids is 3. The SMILES string of the molecule is C.C=C(C)C(=O)OCC(=O)OCC(C)(F)F.C=C(C)C(=O)OCCC(F)(F)C(C)(C)F. The molecule has 0 rings (SSSR count). The van der Waals surface area contributed by atoms with E-state index in [2.05, 4.69) is 27.4 Å². The van der Waals surface area contributed by atoms with E-state index < -0.39 is 61.7 Å². The topological polar surface area (TPSA) is 78.9 Å². The van der Waals surface area contributed by atoms with Crippen molar-refractivity contribution in [3.05, 3.63) is 24.3 Å². The molecule has 0 radical (unpaired) electrons. The first-order valence-electron chi connectivity index (χ1n) is 8.55. The summed E-state index contributed by atoms with van der Waals surface area (Å²) in [4.78, 5) is 32.3. The molecule has 0 heterocycles. The molecular weight excluding hydrogens is 431 g/mol. The third kappa shape index (κ3) is 17.0. The van der Waals surface area contributed by atoms with E-state index in [1.807, 2.05) is 0 Å². The highest BCUT2D eigenvalue weighted by Gasteiger charge is 2.47. The molecule has 6 nitrogen and oxygen atoms in total. The molecule has 0 saturated heterocycles. The van der Waals surface area contributed by atoms with Crippen molar-refractivity contribution in [1.29, 1.82) is 0 Å². The Kier molecular flexibility index (Phi) is 14.7. The lowest BCUT2D eigenvalue weighted by Gasteiger charge is -2.26. The van der Waals surface area contributed by atoms with Crippen molar-refractivity contribution in [2.45, 2.75) is 66.0 Å². The maximum atomic E-state index is 13.0. The highest BCUT2D eigenvalue weighted by atomic mass is 19.3. The summed E-state index contributed by atoms with van der Waals surface area (Å²) < 4.78 is 76.3. The molecule has 0 unspecified atom stereocenters. The fourth-order valence-electron chi connectivity index (χ4n) is 1.19. The molecule has 0 fully saturated rings. The van der Waals surface area contributed by atoms with Crippen LogP contribution in [-0.2, 0) is 28.6 Å². The summed E-state index contributed by atoms with van der Waals surface area (Å²) in [6.07, 6.45) is -0.838. The van der Waals surface area contributed by atoms with Crippen molar-refractivity contribution in [3.63, 3.8) is 0 Å². The van der Waals surface area contributed by atoms with Gasteiger partial charge in [0, 0.05) is 24.5 Å². The van der Waals surface area contributed by atoms with Crippen LogP contribution in [0.3, 0.4) is 0 Å². The number of carbonyl (C=O) groups is 3. The van der Waals surface area contributed by atoms with E-state index in [0.717, 1.165) is 13.8 Å². The lowest BCUT2D eigenvalue weighted by atomic mass is 10.0. The smallest absolute Gasteiger partial charge is 0.344 e. The summed E-state index contributed by atoms with van der Waals surface area (Å²) in [6.45, 7) is 9.29. The maximum Gasteiger partial charge on any atom is 0.344 e. The van der Waals surface area contributed by atoms with Crippen molar-refractivity contribution in [3.8, 4) is 0 Å². The Balaban J connectivity index is -0.000000490. The second kappa shape index (κ2) is 13.8. The predicted molar refractivity (Wildman–Crippen MR) is 105 cm³/mol. The summed E-state index contributed by atoms with van der Waals surface area (Å²) in [5, 5.41) is 0. The lowest BCUT2D eigenvalue weighted by Crippen LogP contribution is -2.39. The Hall–Kier alpha value is -2.46. The van der Waals surface area contributed by atoms with Crippen LogP contribution >= 0.6 is 0 Å². The minimum Gasteiger partial charge on any atom is -0.462 e. The molecule has 11 heteroatoms. The average Bonchev–Trinajstić information content (AvgIpc) is 2.56. The van der Waals surface area contributed by atoms with Crippen molar-refractivity contribution in [2.75, 3.05) is 19.8 Å². The number of rotatable bonds is 10. The molecule has 0 atom stereocenters. The van der Waals surface area contributed by atoms with Gasteiger partial charge < -0.3 is 14.2 Å². The van der Waals surface area contributed by atoms with Crippen molar-refractivity contribution < 1.29 is 50.5 Å². The zero-order valence-electron chi connectivity index (χ0n) is 17.6. The van der Waals surface area contributed by atoms with Crippen LogP contribution in [0.5, 0.6) is 0 Å². The van der Waals surface area contributed by atoms with Crippen LogP contribution in [0.15, 0.2) is 24.3 Å². The molecule has 0 aromatic heterocycles. The van der Waals surface area contributed by atoms with Gasteiger partial charge in [-0.2, -0.15) is 0 Å². The van der Waals surface area contributed by atoms with Crippen LogP contribution in [0, 0.1) is 0 Å². The molecule has 0 amide bonds. The molecule has 0 N–H and O–H groups in total. The molecule has 0 aromatic rings. The van der Waals surface area contributed by atoms with Crippen molar-refractivity contribution in [1.82, 2.24) is 0 Å². The summed E-state index contributed by atoms with van der Waals surface area (Å²) >= 11 is 0. The highest BCUT2D eigenvalue weighted by Crippen LogP contribution is 2.34. The van der Waals surface area contributed by atoms with Gasteiger partial charge in [0.2, 0.25) is 0 Å². The van der Waals surface area contributed by atoms with E-state index in [4.69, 9.17) is 0 Å². The second-order valence-corrected chi connectivity index (χ2v) is 6.93. The number of esters is 3. The third-order valence-electron chi connectivity index (χ3n) is 3.02. The molecule has 0 saturated carbocycles. The van der Waals surface area contributed by atoms with E-state index in [1.165, 1.54) is 13.8 Å². The van der Waals surface area contributed by atoms with Crippen LogP contribution in [0.1, 0.15) is 48.5 Å². The fraction of sp³-hybridized carbons (Fsp3) is 0.650. The largest absolute Gasteiger partial charge is 0.462 e. The first kappa shape index (κ1) is 33.2. The minimum absolute atomic E-state index is 0. The van der Waals surface area contributed by atoms with E-state index in [-0.39, 0.29) is 18.6 Å². The number of hydrogen-bond donors (Lipinski definition) is 0. The van der Waals surface area contributed by atoms with Crippen LogP contribution in [0.2, 0.25) is 0 Å². The summed E-state index contributed by atoms with van der Waals surface area (Å²) in [5.41, 5.74) is -2.38. The molecule has 31 heavy (non-hydrogen) atoms. The Morgan fingerprint density at radius 2 is 1.23 bits per heavy atom. The van der Waals surface area contributed by atoms with E-state index in [9.17, 15) is 36.3 Å². The number of halogens is 5. The standard InChI is InChI=1S/C10H15F3O2.C9H12F2O4.CH4/c1-7(2)8(14)15-6-5-10(12,13)9(3,4)11;1-6(2)8(13)14-4-7(12)15-5-9(3,10)11;/h1,5-6H2,2-4H3;1,4-5H2,2-3H3;1H4. The Morgan fingerprint density at radius 1 is 0.806 bits per heavy atom. The Labute approximate surface area is 179 Å². The second-order valence-electron chi connectivity index (χ2n) is 6.93. The van der Waals surface area contributed by atoms with Gasteiger partial charge in [-0.05, 0) is 27.7 Å². The summed E-state index contributed by atoms with van der Waals surface area (Å²) in [5.74, 6) is -9.14. The Morgan fingerprint density at radius 3 is 1.58 bits per heavy atom. The zero-order valence-corrected chi connectivity index (χ0v) is 17.6. The fourth-order valence-corrected chi connectivity index (χ4v) is 1.19. The monoisotopic (exact) mass is 462 g/mol. The van der Waals surface area contributed by atoms with Gasteiger partial charge in [-0.25, -0.2) is 36.3 Å². The molecule has 0 aliphatic carbocycles. The van der Waals surface area contributed by atoms with Gasteiger partial charge in [-0.15, -0.1) is 0 Å². The van der Waals surface area contributed by atoms with Crippen LogP contribution in [0.25, 0.3) is 0 Å². The first-order chi connectivity index (χ1) is 13.3. The molecule has 0 aliphatic rings. The number of ether oxygens (including phenoxy) is 3. The van der Waals surface area contributed by atoms with Gasteiger partial charge in [-0.3, -0.25) is 0 Å². The molecule has 182 valence electrons. The van der Waals surface area contributed by atoms with Crippen LogP contribution in [0.4, 0.5) is 22.0 Å². The van der Waals surface area contributed by atoms with Crippen molar-refractivity contribution in [2.24, 2.45) is 0 Å². The number of hydrogen-bond acceptors (Lipinski definition) is 6.